The molecule has 3 amide bonds. The van der Waals surface area contributed by atoms with Crippen molar-refractivity contribution in [3.8, 4) is 0 Å². The van der Waals surface area contributed by atoms with Crippen LogP contribution < -0.4 is 16.0 Å². The van der Waals surface area contributed by atoms with E-state index in [0.717, 1.165) is 22.9 Å². The first-order chi connectivity index (χ1) is 12.0. The minimum Gasteiger partial charge on any atom is -0.349 e. The predicted molar refractivity (Wildman–Crippen MR) is 102 cm³/mol. The van der Waals surface area contributed by atoms with E-state index in [4.69, 9.17) is 0 Å². The van der Waals surface area contributed by atoms with Crippen molar-refractivity contribution in [2.24, 2.45) is 0 Å². The fraction of sp³-hybridized carbons (Fsp3) is 0.263. The Morgan fingerprint density at radius 1 is 1.12 bits per heavy atom. The molecule has 1 aliphatic carbocycles. The number of carbonyl (C=O) groups excluding carboxylic acids is 2. The predicted octanol–water partition coefficient (Wildman–Crippen LogP) is 4.22. The summed E-state index contributed by atoms with van der Waals surface area (Å²) in [7, 11) is 0. The smallest absolute Gasteiger partial charge is 0.319 e. The minimum absolute atomic E-state index is 0.103. The monoisotopic (exact) mass is 401 g/mol. The maximum Gasteiger partial charge on any atom is 0.319 e. The van der Waals surface area contributed by atoms with Gasteiger partial charge in [-0.3, -0.25) is 4.79 Å². The van der Waals surface area contributed by atoms with Crippen LogP contribution in [0.5, 0.6) is 0 Å². The van der Waals surface area contributed by atoms with E-state index in [1.165, 1.54) is 0 Å². The van der Waals surface area contributed by atoms with E-state index in [0.29, 0.717) is 17.3 Å². The molecule has 0 aliphatic heterocycles. The van der Waals surface area contributed by atoms with Crippen molar-refractivity contribution in [1.82, 2.24) is 10.6 Å². The van der Waals surface area contributed by atoms with E-state index in [-0.39, 0.29) is 18.0 Å². The first-order valence-corrected chi connectivity index (χ1v) is 9.04. The molecule has 5 nitrogen and oxygen atoms in total. The third-order valence-corrected chi connectivity index (χ3v) is 4.48. The summed E-state index contributed by atoms with van der Waals surface area (Å²) in [6, 6.07) is 14.6. The Labute approximate surface area is 155 Å². The summed E-state index contributed by atoms with van der Waals surface area (Å²) >= 11 is 3.43. The van der Waals surface area contributed by atoms with Crippen molar-refractivity contribution < 1.29 is 9.59 Å². The van der Waals surface area contributed by atoms with Crippen molar-refractivity contribution in [1.29, 1.82) is 0 Å². The first-order valence-electron chi connectivity index (χ1n) is 8.25. The number of halogens is 1. The van der Waals surface area contributed by atoms with E-state index in [9.17, 15) is 9.59 Å². The van der Waals surface area contributed by atoms with Gasteiger partial charge in [0, 0.05) is 21.8 Å². The van der Waals surface area contributed by atoms with E-state index in [1.54, 1.807) is 24.3 Å². The van der Waals surface area contributed by atoms with E-state index in [2.05, 4.69) is 31.9 Å². The number of hydrogen-bond donors (Lipinski definition) is 3. The summed E-state index contributed by atoms with van der Waals surface area (Å²) in [5, 5.41) is 8.61. The van der Waals surface area contributed by atoms with Crippen LogP contribution in [0, 0.1) is 0 Å². The molecule has 3 rings (SSSR count). The normalized spacial score (nSPS) is 14.5. The third-order valence-electron chi connectivity index (χ3n) is 3.99. The minimum atomic E-state index is -0.313. The Kier molecular flexibility index (Phi) is 5.38. The Bertz CT molecular complexity index is 790. The Morgan fingerprint density at radius 2 is 1.88 bits per heavy atom. The van der Waals surface area contributed by atoms with Crippen molar-refractivity contribution >= 4 is 33.6 Å². The number of amides is 3. The number of rotatable bonds is 5. The second-order valence-corrected chi connectivity index (χ2v) is 7.12. The quantitative estimate of drug-likeness (QED) is 0.701. The van der Waals surface area contributed by atoms with Crippen molar-refractivity contribution in [3.05, 3.63) is 64.1 Å². The zero-order valence-electron chi connectivity index (χ0n) is 13.9. The summed E-state index contributed by atoms with van der Waals surface area (Å²) in [6.45, 7) is 1.92. The Morgan fingerprint density at radius 3 is 2.60 bits per heavy atom. The zero-order chi connectivity index (χ0) is 17.8. The van der Waals surface area contributed by atoms with Crippen LogP contribution in [0.25, 0.3) is 0 Å². The Balaban J connectivity index is 1.59. The molecule has 1 saturated carbocycles. The van der Waals surface area contributed by atoms with E-state index < -0.39 is 0 Å². The zero-order valence-corrected chi connectivity index (χ0v) is 15.5. The average Bonchev–Trinajstić information content (AvgIpc) is 3.39. The SMILES string of the molecule is CC(NC(=O)Nc1cccc(C(=O)NC2CC2)c1)c1cccc(Br)c1. The van der Waals surface area contributed by atoms with E-state index >= 15 is 0 Å². The molecule has 0 bridgehead atoms. The number of urea groups is 1. The summed E-state index contributed by atoms with van der Waals surface area (Å²) < 4.78 is 0.966. The highest BCUT2D eigenvalue weighted by Crippen LogP contribution is 2.20. The van der Waals surface area contributed by atoms with Crippen LogP contribution in [0.4, 0.5) is 10.5 Å². The van der Waals surface area contributed by atoms with Gasteiger partial charge < -0.3 is 16.0 Å². The lowest BCUT2D eigenvalue weighted by Crippen LogP contribution is -2.31. The summed E-state index contributed by atoms with van der Waals surface area (Å²) in [5.41, 5.74) is 2.13. The third kappa shape index (κ3) is 5.06. The van der Waals surface area contributed by atoms with Crippen LogP contribution in [-0.4, -0.2) is 18.0 Å². The molecule has 0 aromatic heterocycles. The molecule has 0 heterocycles. The van der Waals surface area contributed by atoms with Gasteiger partial charge in [-0.1, -0.05) is 34.1 Å². The molecule has 130 valence electrons. The first kappa shape index (κ1) is 17.5. The summed E-state index contributed by atoms with van der Waals surface area (Å²) in [4.78, 5) is 24.3. The van der Waals surface area contributed by atoms with Gasteiger partial charge in [0.2, 0.25) is 0 Å². The van der Waals surface area contributed by atoms with Gasteiger partial charge in [0.15, 0.2) is 0 Å². The van der Waals surface area contributed by atoms with Gasteiger partial charge in [-0.25, -0.2) is 4.79 Å². The van der Waals surface area contributed by atoms with Crippen molar-refractivity contribution in [3.63, 3.8) is 0 Å². The number of carbonyl (C=O) groups is 2. The molecule has 3 N–H and O–H groups in total. The second-order valence-electron chi connectivity index (χ2n) is 6.20. The lowest BCUT2D eigenvalue weighted by molar-refractivity contribution is 0.0951. The highest BCUT2D eigenvalue weighted by atomic mass is 79.9. The molecule has 0 spiro atoms. The molecule has 1 unspecified atom stereocenters. The van der Waals surface area contributed by atoms with Crippen molar-refractivity contribution in [2.75, 3.05) is 5.32 Å². The molecule has 0 saturated heterocycles. The fourth-order valence-corrected chi connectivity index (χ4v) is 2.87. The van der Waals surface area contributed by atoms with Gasteiger partial charge >= 0.3 is 6.03 Å². The van der Waals surface area contributed by atoms with Gasteiger partial charge in [-0.2, -0.15) is 0 Å². The molecule has 0 radical (unpaired) electrons. The van der Waals surface area contributed by atoms with Crippen LogP contribution in [0.15, 0.2) is 53.0 Å². The molecule has 1 aliphatic rings. The molecule has 25 heavy (non-hydrogen) atoms. The van der Waals surface area contributed by atoms with Gasteiger partial charge in [-0.15, -0.1) is 0 Å². The van der Waals surface area contributed by atoms with Gasteiger partial charge in [-0.05, 0) is 55.7 Å². The number of benzene rings is 2. The molecule has 2 aromatic carbocycles. The standard InChI is InChI=1S/C19H20BrN3O2/c1-12(13-4-2-6-15(20)10-13)21-19(25)23-17-7-3-5-14(11-17)18(24)22-16-8-9-16/h2-7,10-12,16H,8-9H2,1H3,(H,22,24)(H2,21,23,25). The van der Waals surface area contributed by atoms with Gasteiger partial charge in [0.1, 0.15) is 0 Å². The molecular weight excluding hydrogens is 382 g/mol. The van der Waals surface area contributed by atoms with Crippen LogP contribution in [-0.2, 0) is 0 Å². The molecule has 1 fully saturated rings. The van der Waals surface area contributed by atoms with Crippen LogP contribution in [0.3, 0.4) is 0 Å². The highest BCUT2D eigenvalue weighted by molar-refractivity contribution is 9.10. The Hall–Kier alpha value is -2.34. The number of hydrogen-bond acceptors (Lipinski definition) is 2. The lowest BCUT2D eigenvalue weighted by Gasteiger charge is -2.15. The van der Waals surface area contributed by atoms with Gasteiger partial charge in [0.25, 0.3) is 5.91 Å². The molecule has 2 aromatic rings. The number of nitrogens with one attached hydrogen (secondary N) is 3. The number of anilines is 1. The maximum atomic E-state index is 12.2. The topological polar surface area (TPSA) is 70.2 Å². The van der Waals surface area contributed by atoms with Crippen LogP contribution in [0.2, 0.25) is 0 Å². The summed E-state index contributed by atoms with van der Waals surface area (Å²) in [5.74, 6) is -0.103. The van der Waals surface area contributed by atoms with E-state index in [1.807, 2.05) is 31.2 Å². The van der Waals surface area contributed by atoms with Gasteiger partial charge in [0.05, 0.1) is 6.04 Å². The second kappa shape index (κ2) is 7.70. The fourth-order valence-electron chi connectivity index (χ4n) is 2.46. The van der Waals surface area contributed by atoms with Crippen molar-refractivity contribution in [2.45, 2.75) is 31.8 Å². The lowest BCUT2D eigenvalue weighted by atomic mass is 10.1. The maximum absolute atomic E-state index is 12.2. The van der Waals surface area contributed by atoms with Crippen LogP contribution >= 0.6 is 15.9 Å². The molecule has 6 heteroatoms. The average molecular weight is 402 g/mol. The van der Waals surface area contributed by atoms with Crippen LogP contribution in [0.1, 0.15) is 41.7 Å². The largest absolute Gasteiger partial charge is 0.349 e. The molecule has 1 atom stereocenters. The summed E-state index contributed by atoms with van der Waals surface area (Å²) in [6.07, 6.45) is 2.08. The molecular formula is C19H20BrN3O2. The highest BCUT2D eigenvalue weighted by Gasteiger charge is 2.23.